The van der Waals surface area contributed by atoms with Crippen molar-refractivity contribution in [2.24, 2.45) is 0 Å². The average Bonchev–Trinajstić information content (AvgIpc) is 2.97. The molecule has 7 heteroatoms. The number of hydrogen-bond donors (Lipinski definition) is 1. The molecule has 0 spiro atoms. The number of halogens is 1. The van der Waals surface area contributed by atoms with E-state index in [-0.39, 0.29) is 30.5 Å². The van der Waals surface area contributed by atoms with E-state index in [1.165, 1.54) is 11.8 Å². The summed E-state index contributed by atoms with van der Waals surface area (Å²) in [6.07, 6.45) is 1.77. The van der Waals surface area contributed by atoms with Gasteiger partial charge in [-0.3, -0.25) is 9.59 Å². The van der Waals surface area contributed by atoms with E-state index in [2.05, 4.69) is 15.2 Å². The molecule has 2 rings (SSSR count). The molecule has 21 heavy (non-hydrogen) atoms. The van der Waals surface area contributed by atoms with Crippen molar-refractivity contribution in [3.05, 3.63) is 47.2 Å². The molecule has 0 fully saturated rings. The number of esters is 1. The maximum Gasteiger partial charge on any atom is 0.307 e. The minimum absolute atomic E-state index is 0.119. The van der Waals surface area contributed by atoms with Gasteiger partial charge in [0.1, 0.15) is 0 Å². The summed E-state index contributed by atoms with van der Waals surface area (Å²) in [5.74, 6) is -0.735. The first kappa shape index (κ1) is 15.1. The molecule has 6 nitrogen and oxygen atoms in total. The Bertz CT molecular complexity index is 654. The molecule has 0 saturated carbocycles. The van der Waals surface area contributed by atoms with Crippen LogP contribution in [0.3, 0.4) is 0 Å². The summed E-state index contributed by atoms with van der Waals surface area (Å²) >= 11 is 6.07. The highest BCUT2D eigenvalue weighted by molar-refractivity contribution is 6.32. The number of aromatic nitrogens is 2. The van der Waals surface area contributed by atoms with Crippen LogP contribution in [0.25, 0.3) is 5.69 Å². The van der Waals surface area contributed by atoms with Gasteiger partial charge in [0.05, 0.1) is 24.2 Å². The van der Waals surface area contributed by atoms with E-state index in [0.717, 1.165) is 0 Å². The van der Waals surface area contributed by atoms with Crippen molar-refractivity contribution in [3.63, 3.8) is 0 Å². The summed E-state index contributed by atoms with van der Waals surface area (Å²) in [5.41, 5.74) is 0.938. The highest BCUT2D eigenvalue weighted by atomic mass is 35.5. The second-order valence-electron chi connectivity index (χ2n) is 4.18. The Morgan fingerprint density at radius 2 is 2.10 bits per heavy atom. The van der Waals surface area contributed by atoms with E-state index in [0.29, 0.717) is 10.7 Å². The molecular weight excluding hydrogens is 294 g/mol. The second kappa shape index (κ2) is 6.90. The van der Waals surface area contributed by atoms with Gasteiger partial charge in [0.15, 0.2) is 5.69 Å². The van der Waals surface area contributed by atoms with Gasteiger partial charge in [0.2, 0.25) is 0 Å². The van der Waals surface area contributed by atoms with Gasteiger partial charge in [-0.1, -0.05) is 23.7 Å². The average molecular weight is 308 g/mol. The highest BCUT2D eigenvalue weighted by Gasteiger charge is 2.11. The van der Waals surface area contributed by atoms with Crippen LogP contribution in [0.4, 0.5) is 0 Å². The zero-order valence-corrected chi connectivity index (χ0v) is 12.1. The first-order valence-corrected chi connectivity index (χ1v) is 6.65. The van der Waals surface area contributed by atoms with Crippen LogP contribution in [0, 0.1) is 0 Å². The SMILES string of the molecule is COC(=O)CCNC(=O)c1ccn(-c2ccccc2Cl)n1. The van der Waals surface area contributed by atoms with Crippen molar-refractivity contribution in [1.29, 1.82) is 0 Å². The Morgan fingerprint density at radius 3 is 2.81 bits per heavy atom. The lowest BCUT2D eigenvalue weighted by Crippen LogP contribution is -2.26. The normalized spacial score (nSPS) is 10.2. The Kier molecular flexibility index (Phi) is 4.94. The third-order valence-corrected chi connectivity index (χ3v) is 3.08. The van der Waals surface area contributed by atoms with Crippen molar-refractivity contribution >= 4 is 23.5 Å². The molecule has 0 aliphatic rings. The molecule has 1 N–H and O–H groups in total. The minimum Gasteiger partial charge on any atom is -0.469 e. The predicted molar refractivity (Wildman–Crippen MR) is 77.5 cm³/mol. The number of benzene rings is 1. The van der Waals surface area contributed by atoms with Gasteiger partial charge in [-0.25, -0.2) is 4.68 Å². The summed E-state index contributed by atoms with van der Waals surface area (Å²) in [6, 6.07) is 8.77. The van der Waals surface area contributed by atoms with Crippen LogP contribution in [0.15, 0.2) is 36.5 Å². The molecule has 0 unspecified atom stereocenters. The molecule has 0 aliphatic carbocycles. The number of nitrogens with zero attached hydrogens (tertiary/aromatic N) is 2. The molecule has 1 aromatic heterocycles. The summed E-state index contributed by atoms with van der Waals surface area (Å²) in [4.78, 5) is 22.8. The zero-order chi connectivity index (χ0) is 15.2. The minimum atomic E-state index is -0.378. The van der Waals surface area contributed by atoms with Crippen LogP contribution < -0.4 is 5.32 Å². The van der Waals surface area contributed by atoms with Gasteiger partial charge in [-0.15, -0.1) is 0 Å². The van der Waals surface area contributed by atoms with Gasteiger partial charge >= 0.3 is 5.97 Å². The number of hydrogen-bond acceptors (Lipinski definition) is 4. The summed E-state index contributed by atoms with van der Waals surface area (Å²) in [5, 5.41) is 7.30. The van der Waals surface area contributed by atoms with E-state index in [4.69, 9.17) is 11.6 Å². The van der Waals surface area contributed by atoms with Crippen molar-refractivity contribution in [3.8, 4) is 5.69 Å². The van der Waals surface area contributed by atoms with E-state index in [9.17, 15) is 9.59 Å². The molecule has 0 radical (unpaired) electrons. The Balaban J connectivity index is 2.01. The lowest BCUT2D eigenvalue weighted by atomic mass is 10.3. The quantitative estimate of drug-likeness (QED) is 0.855. The van der Waals surface area contributed by atoms with E-state index < -0.39 is 0 Å². The van der Waals surface area contributed by atoms with Crippen LogP contribution >= 0.6 is 11.6 Å². The summed E-state index contributed by atoms with van der Waals surface area (Å²) < 4.78 is 6.01. The van der Waals surface area contributed by atoms with E-state index in [1.54, 1.807) is 24.4 Å². The summed E-state index contributed by atoms with van der Waals surface area (Å²) in [6.45, 7) is 0.199. The van der Waals surface area contributed by atoms with Gasteiger partial charge in [0, 0.05) is 12.7 Å². The number of methoxy groups -OCH3 is 1. The van der Waals surface area contributed by atoms with Crippen LogP contribution in [-0.4, -0.2) is 35.3 Å². The van der Waals surface area contributed by atoms with Crippen molar-refractivity contribution in [2.45, 2.75) is 6.42 Å². The number of para-hydroxylation sites is 1. The number of nitrogens with one attached hydrogen (secondary N) is 1. The topological polar surface area (TPSA) is 73.2 Å². The molecule has 110 valence electrons. The molecular formula is C14H14ClN3O3. The maximum absolute atomic E-state index is 11.9. The molecule has 1 heterocycles. The molecule has 1 amide bonds. The number of carbonyl (C=O) groups is 2. The third kappa shape index (κ3) is 3.82. The van der Waals surface area contributed by atoms with Gasteiger partial charge in [-0.2, -0.15) is 5.10 Å². The molecule has 1 aromatic carbocycles. The lowest BCUT2D eigenvalue weighted by Gasteiger charge is -2.04. The predicted octanol–water partition coefficient (Wildman–Crippen LogP) is 1.82. The monoisotopic (exact) mass is 307 g/mol. The van der Waals surface area contributed by atoms with Crippen LogP contribution in [0.1, 0.15) is 16.9 Å². The van der Waals surface area contributed by atoms with Crippen molar-refractivity contribution in [1.82, 2.24) is 15.1 Å². The molecule has 2 aromatic rings. The number of ether oxygens (including phenoxy) is 1. The van der Waals surface area contributed by atoms with Gasteiger partial charge < -0.3 is 10.1 Å². The van der Waals surface area contributed by atoms with Crippen LogP contribution in [-0.2, 0) is 9.53 Å². The van der Waals surface area contributed by atoms with Gasteiger partial charge in [0.25, 0.3) is 5.91 Å². The largest absolute Gasteiger partial charge is 0.469 e. The molecule has 0 atom stereocenters. The molecule has 0 saturated heterocycles. The second-order valence-corrected chi connectivity index (χ2v) is 4.59. The maximum atomic E-state index is 11.9. The number of rotatable bonds is 5. The zero-order valence-electron chi connectivity index (χ0n) is 11.4. The first-order chi connectivity index (χ1) is 10.1. The fourth-order valence-corrected chi connectivity index (χ4v) is 1.91. The van der Waals surface area contributed by atoms with E-state index in [1.807, 2.05) is 12.1 Å². The molecule has 0 bridgehead atoms. The van der Waals surface area contributed by atoms with Crippen LogP contribution in [0.5, 0.6) is 0 Å². The fraction of sp³-hybridized carbons (Fsp3) is 0.214. The number of amides is 1. The van der Waals surface area contributed by atoms with Crippen LogP contribution in [0.2, 0.25) is 5.02 Å². The van der Waals surface area contributed by atoms with Gasteiger partial charge in [-0.05, 0) is 18.2 Å². The fourth-order valence-electron chi connectivity index (χ4n) is 1.69. The van der Waals surface area contributed by atoms with Crippen molar-refractivity contribution in [2.75, 3.05) is 13.7 Å². The van der Waals surface area contributed by atoms with E-state index >= 15 is 0 Å². The standard InChI is InChI=1S/C14H14ClN3O3/c1-21-13(19)6-8-16-14(20)11-7-9-18(17-11)12-5-3-2-4-10(12)15/h2-5,7,9H,6,8H2,1H3,(H,16,20). The highest BCUT2D eigenvalue weighted by Crippen LogP contribution is 2.18. The summed E-state index contributed by atoms with van der Waals surface area (Å²) in [7, 11) is 1.30. The Labute approximate surface area is 126 Å². The Morgan fingerprint density at radius 1 is 1.33 bits per heavy atom. The lowest BCUT2D eigenvalue weighted by molar-refractivity contribution is -0.140. The third-order valence-electron chi connectivity index (χ3n) is 2.76. The number of carbonyl (C=O) groups excluding carboxylic acids is 2. The smallest absolute Gasteiger partial charge is 0.307 e. The van der Waals surface area contributed by atoms with Crippen molar-refractivity contribution < 1.29 is 14.3 Å². The first-order valence-electron chi connectivity index (χ1n) is 6.27. The Hall–Kier alpha value is -2.34. The molecule has 0 aliphatic heterocycles.